The third kappa shape index (κ3) is 5.51. The Morgan fingerprint density at radius 2 is 2.21 bits per heavy atom. The highest BCUT2D eigenvalue weighted by atomic mass is 16.6. The summed E-state index contributed by atoms with van der Waals surface area (Å²) in [6, 6.07) is 3.76. The van der Waals surface area contributed by atoms with E-state index in [0.717, 1.165) is 31.2 Å². The number of carbonyl (C=O) groups excluding carboxylic acids is 2. The Morgan fingerprint density at radius 3 is 2.88 bits per heavy atom. The Balaban J connectivity index is 1.88. The average molecular weight is 333 g/mol. The van der Waals surface area contributed by atoms with Crippen LogP contribution < -0.4 is 5.73 Å². The van der Waals surface area contributed by atoms with Gasteiger partial charge in [0.2, 0.25) is 5.91 Å². The van der Waals surface area contributed by atoms with Crippen LogP contribution in [0.4, 0.5) is 5.82 Å². The summed E-state index contributed by atoms with van der Waals surface area (Å²) in [6.07, 6.45) is 5.00. The Hall–Kier alpha value is -2.11. The van der Waals surface area contributed by atoms with E-state index in [-0.39, 0.29) is 24.3 Å². The Morgan fingerprint density at radius 1 is 1.46 bits per heavy atom. The first-order chi connectivity index (χ1) is 11.2. The molecule has 0 bridgehead atoms. The van der Waals surface area contributed by atoms with Crippen LogP contribution in [0.25, 0.3) is 0 Å². The van der Waals surface area contributed by atoms with Gasteiger partial charge in [-0.25, -0.2) is 4.98 Å². The van der Waals surface area contributed by atoms with E-state index in [4.69, 9.17) is 10.5 Å². The van der Waals surface area contributed by atoms with E-state index in [0.29, 0.717) is 12.4 Å². The molecular weight excluding hydrogens is 306 g/mol. The van der Waals surface area contributed by atoms with E-state index in [1.165, 1.54) is 0 Å². The zero-order valence-electron chi connectivity index (χ0n) is 14.7. The van der Waals surface area contributed by atoms with Crippen LogP contribution in [0.1, 0.15) is 45.6 Å². The quantitative estimate of drug-likeness (QED) is 0.835. The molecule has 1 aliphatic heterocycles. The van der Waals surface area contributed by atoms with Crippen molar-refractivity contribution in [2.45, 2.75) is 52.1 Å². The maximum Gasteiger partial charge on any atom is 0.326 e. The van der Waals surface area contributed by atoms with Crippen LogP contribution in [0, 0.1) is 5.92 Å². The van der Waals surface area contributed by atoms with Crippen LogP contribution in [-0.2, 0) is 20.7 Å². The molecular formula is C18H27N3O3. The largest absolute Gasteiger partial charge is 0.459 e. The van der Waals surface area contributed by atoms with E-state index >= 15 is 0 Å². The number of nitrogen functional groups attached to an aromatic ring is 1. The van der Waals surface area contributed by atoms with Gasteiger partial charge in [0.05, 0.1) is 0 Å². The van der Waals surface area contributed by atoms with E-state index < -0.39 is 5.60 Å². The van der Waals surface area contributed by atoms with Gasteiger partial charge in [-0.15, -0.1) is 0 Å². The Bertz CT molecular complexity index is 595. The number of anilines is 1. The summed E-state index contributed by atoms with van der Waals surface area (Å²) in [6.45, 7) is 6.13. The number of nitrogens with two attached hydrogens (primary N) is 1. The summed E-state index contributed by atoms with van der Waals surface area (Å²) in [4.78, 5) is 30.2. The zero-order valence-corrected chi connectivity index (χ0v) is 14.7. The molecule has 1 atom stereocenters. The summed E-state index contributed by atoms with van der Waals surface area (Å²) in [5.41, 5.74) is 6.24. The number of carbonyl (C=O) groups is 2. The van der Waals surface area contributed by atoms with Crippen molar-refractivity contribution in [2.24, 2.45) is 5.92 Å². The van der Waals surface area contributed by atoms with Gasteiger partial charge in [-0.3, -0.25) is 9.59 Å². The molecule has 6 nitrogen and oxygen atoms in total. The van der Waals surface area contributed by atoms with Gasteiger partial charge in [0.1, 0.15) is 18.0 Å². The summed E-state index contributed by atoms with van der Waals surface area (Å²) in [5.74, 6) is 0.150. The van der Waals surface area contributed by atoms with Gasteiger partial charge in [-0.1, -0.05) is 0 Å². The lowest BCUT2D eigenvalue weighted by atomic mass is 9.91. The number of amides is 1. The van der Waals surface area contributed by atoms with Gasteiger partial charge in [0.25, 0.3) is 0 Å². The SMILES string of the molecule is CC(C)(C)OC(=O)CN1CCCC(CCc2ccnc(N)c2)C1=O. The number of hydrogen-bond donors (Lipinski definition) is 1. The highest BCUT2D eigenvalue weighted by Crippen LogP contribution is 2.23. The highest BCUT2D eigenvalue weighted by molar-refractivity contribution is 5.84. The number of rotatable bonds is 5. The van der Waals surface area contributed by atoms with Crippen molar-refractivity contribution in [3.8, 4) is 0 Å². The number of pyridine rings is 1. The number of ether oxygens (including phenoxy) is 1. The fourth-order valence-corrected chi connectivity index (χ4v) is 2.97. The summed E-state index contributed by atoms with van der Waals surface area (Å²) < 4.78 is 5.31. The number of hydrogen-bond acceptors (Lipinski definition) is 5. The molecule has 1 unspecified atom stereocenters. The minimum absolute atomic E-state index is 0.0365. The number of aromatic nitrogens is 1. The molecule has 0 saturated carbocycles. The second-order valence-corrected chi connectivity index (χ2v) is 7.31. The molecule has 0 aliphatic carbocycles. The van der Waals surface area contributed by atoms with E-state index in [9.17, 15) is 9.59 Å². The molecule has 0 radical (unpaired) electrons. The van der Waals surface area contributed by atoms with Gasteiger partial charge in [-0.05, 0) is 64.2 Å². The minimum Gasteiger partial charge on any atom is -0.459 e. The molecule has 2 rings (SSSR count). The van der Waals surface area contributed by atoms with Crippen molar-refractivity contribution in [1.82, 2.24) is 9.88 Å². The van der Waals surface area contributed by atoms with Crippen molar-refractivity contribution in [1.29, 1.82) is 0 Å². The van der Waals surface area contributed by atoms with Crippen molar-refractivity contribution in [3.05, 3.63) is 23.9 Å². The van der Waals surface area contributed by atoms with Crippen molar-refractivity contribution in [2.75, 3.05) is 18.8 Å². The van der Waals surface area contributed by atoms with Gasteiger partial charge < -0.3 is 15.4 Å². The van der Waals surface area contributed by atoms with Crippen LogP contribution >= 0.6 is 0 Å². The highest BCUT2D eigenvalue weighted by Gasteiger charge is 2.30. The second kappa shape index (κ2) is 7.64. The van der Waals surface area contributed by atoms with Gasteiger partial charge in [-0.2, -0.15) is 0 Å². The van der Waals surface area contributed by atoms with Crippen molar-refractivity contribution >= 4 is 17.7 Å². The van der Waals surface area contributed by atoms with Crippen LogP contribution in [-0.4, -0.2) is 40.5 Å². The molecule has 1 saturated heterocycles. The molecule has 1 fully saturated rings. The first kappa shape index (κ1) is 18.2. The van der Waals surface area contributed by atoms with Gasteiger partial charge in [0, 0.05) is 18.7 Å². The first-order valence-electron chi connectivity index (χ1n) is 8.45. The topological polar surface area (TPSA) is 85.5 Å². The molecule has 0 aromatic carbocycles. The zero-order chi connectivity index (χ0) is 17.7. The Labute approximate surface area is 143 Å². The number of aryl methyl sites for hydroxylation is 1. The van der Waals surface area contributed by atoms with Crippen LogP contribution in [0.5, 0.6) is 0 Å². The van der Waals surface area contributed by atoms with Gasteiger partial charge >= 0.3 is 5.97 Å². The molecule has 1 aromatic heterocycles. The first-order valence-corrected chi connectivity index (χ1v) is 8.45. The van der Waals surface area contributed by atoms with Crippen LogP contribution in [0.15, 0.2) is 18.3 Å². The average Bonchev–Trinajstić information content (AvgIpc) is 2.46. The van der Waals surface area contributed by atoms with E-state index in [1.807, 2.05) is 32.9 Å². The van der Waals surface area contributed by atoms with E-state index in [2.05, 4.69) is 4.98 Å². The van der Waals surface area contributed by atoms with Crippen molar-refractivity contribution < 1.29 is 14.3 Å². The standard InChI is InChI=1S/C18H27N3O3/c1-18(2,3)24-16(22)12-21-10-4-5-14(17(21)23)7-6-13-8-9-20-15(19)11-13/h8-9,11,14H,4-7,10,12H2,1-3H3,(H2,19,20). The monoisotopic (exact) mass is 333 g/mol. The summed E-state index contributed by atoms with van der Waals surface area (Å²) in [5, 5.41) is 0. The molecule has 2 heterocycles. The normalized spacial score (nSPS) is 18.5. The van der Waals surface area contributed by atoms with E-state index in [1.54, 1.807) is 11.1 Å². The fourth-order valence-electron chi connectivity index (χ4n) is 2.97. The van der Waals surface area contributed by atoms with Gasteiger partial charge in [0.15, 0.2) is 0 Å². The molecule has 1 aliphatic rings. The van der Waals surface area contributed by atoms with Crippen LogP contribution in [0.2, 0.25) is 0 Å². The number of nitrogens with zero attached hydrogens (tertiary/aromatic N) is 2. The molecule has 2 N–H and O–H groups in total. The third-order valence-corrected chi connectivity index (χ3v) is 4.01. The fraction of sp³-hybridized carbons (Fsp3) is 0.611. The van der Waals surface area contributed by atoms with Crippen LogP contribution in [0.3, 0.4) is 0 Å². The maximum absolute atomic E-state index is 12.6. The smallest absolute Gasteiger partial charge is 0.326 e. The number of likely N-dealkylation sites (tertiary alicyclic amines) is 1. The molecule has 6 heteroatoms. The lowest BCUT2D eigenvalue weighted by Crippen LogP contribution is -2.45. The molecule has 132 valence electrons. The minimum atomic E-state index is -0.531. The number of esters is 1. The number of piperidine rings is 1. The summed E-state index contributed by atoms with van der Waals surface area (Å²) in [7, 11) is 0. The molecule has 24 heavy (non-hydrogen) atoms. The lowest BCUT2D eigenvalue weighted by molar-refractivity contribution is -0.160. The Kier molecular flexibility index (Phi) is 5.80. The van der Waals surface area contributed by atoms with Crippen molar-refractivity contribution in [3.63, 3.8) is 0 Å². The molecule has 1 aromatic rings. The lowest BCUT2D eigenvalue weighted by Gasteiger charge is -2.32. The predicted molar refractivity (Wildman–Crippen MR) is 92.1 cm³/mol. The molecule has 1 amide bonds. The summed E-state index contributed by atoms with van der Waals surface area (Å²) >= 11 is 0. The second-order valence-electron chi connectivity index (χ2n) is 7.31. The third-order valence-electron chi connectivity index (χ3n) is 4.01. The molecule has 0 spiro atoms. The predicted octanol–water partition coefficient (Wildman–Crippen LogP) is 2.18. The maximum atomic E-state index is 12.6.